The van der Waals surface area contributed by atoms with E-state index in [2.05, 4.69) is 20.9 Å². The van der Waals surface area contributed by atoms with Crippen molar-refractivity contribution in [2.45, 2.75) is 39.8 Å². The second-order valence-corrected chi connectivity index (χ2v) is 8.57. The van der Waals surface area contributed by atoms with Gasteiger partial charge in [0.05, 0.1) is 23.1 Å². The van der Waals surface area contributed by atoms with Crippen molar-refractivity contribution in [3.8, 4) is 0 Å². The molecule has 2 amide bonds. The summed E-state index contributed by atoms with van der Waals surface area (Å²) in [6.07, 6.45) is 1.04. The molecule has 0 atom stereocenters. The van der Waals surface area contributed by atoms with Crippen molar-refractivity contribution in [1.82, 2.24) is 4.98 Å². The number of pyridine rings is 1. The number of amides is 2. The van der Waals surface area contributed by atoms with E-state index in [1.54, 1.807) is 39.1 Å². The van der Waals surface area contributed by atoms with Gasteiger partial charge in [-0.2, -0.15) is 0 Å². The van der Waals surface area contributed by atoms with Gasteiger partial charge in [0.2, 0.25) is 0 Å². The van der Waals surface area contributed by atoms with E-state index in [1.165, 1.54) is 6.92 Å². The number of nitrogens with one attached hydrogen (secondary N) is 3. The molecule has 3 N–H and O–H groups in total. The number of esters is 1. The van der Waals surface area contributed by atoms with Crippen LogP contribution in [0.15, 0.2) is 54.7 Å². The Kier molecular flexibility index (Phi) is 7.68. The summed E-state index contributed by atoms with van der Waals surface area (Å²) in [5.74, 6) is -0.998. The zero-order chi connectivity index (χ0) is 24.7. The van der Waals surface area contributed by atoms with Gasteiger partial charge in [-0.25, -0.2) is 4.79 Å². The summed E-state index contributed by atoms with van der Waals surface area (Å²) in [6, 6.07) is 14.9. The van der Waals surface area contributed by atoms with E-state index in [-0.39, 0.29) is 6.61 Å². The van der Waals surface area contributed by atoms with Crippen LogP contribution in [0.2, 0.25) is 0 Å². The summed E-state index contributed by atoms with van der Waals surface area (Å²) in [7, 11) is 0. The lowest BCUT2D eigenvalue weighted by Crippen LogP contribution is -2.27. The van der Waals surface area contributed by atoms with Gasteiger partial charge in [-0.1, -0.05) is 30.3 Å². The van der Waals surface area contributed by atoms with Crippen LogP contribution in [0.4, 0.5) is 21.9 Å². The maximum atomic E-state index is 12.2. The molecule has 9 nitrogen and oxygen atoms in total. The number of nitrogens with zero attached hydrogens (tertiary/aromatic N) is 1. The van der Waals surface area contributed by atoms with Gasteiger partial charge < -0.3 is 20.1 Å². The largest absolute Gasteiger partial charge is 0.456 e. The molecule has 3 aromatic rings. The first-order valence-electron chi connectivity index (χ1n) is 10.7. The molecule has 1 aromatic heterocycles. The number of carbonyl (C=O) groups excluding carboxylic acids is 3. The number of fused-ring (bicyclic) bond motifs is 1. The van der Waals surface area contributed by atoms with Gasteiger partial charge in [0.1, 0.15) is 5.60 Å². The van der Waals surface area contributed by atoms with Crippen molar-refractivity contribution in [3.05, 3.63) is 60.3 Å². The van der Waals surface area contributed by atoms with Crippen molar-refractivity contribution in [1.29, 1.82) is 0 Å². The summed E-state index contributed by atoms with van der Waals surface area (Å²) >= 11 is 0. The van der Waals surface area contributed by atoms with Gasteiger partial charge in [0.15, 0.2) is 6.61 Å². The van der Waals surface area contributed by atoms with Crippen molar-refractivity contribution >= 4 is 45.9 Å². The Hall–Kier alpha value is -4.14. The van der Waals surface area contributed by atoms with E-state index < -0.39 is 23.6 Å². The third kappa shape index (κ3) is 7.19. The molecule has 178 valence electrons. The fourth-order valence-corrected chi connectivity index (χ4v) is 3.10. The number of benzene rings is 2. The van der Waals surface area contributed by atoms with E-state index in [4.69, 9.17) is 9.47 Å². The number of hydrogen-bond donors (Lipinski definition) is 3. The van der Waals surface area contributed by atoms with Crippen LogP contribution in [0, 0.1) is 0 Å². The average Bonchev–Trinajstić information content (AvgIpc) is 2.76. The summed E-state index contributed by atoms with van der Waals surface area (Å²) < 4.78 is 10.0. The molecule has 0 radical (unpaired) electrons. The molecule has 0 unspecified atom stereocenters. The van der Waals surface area contributed by atoms with E-state index in [1.807, 2.05) is 36.4 Å². The molecular formula is C25H28N4O5. The van der Waals surface area contributed by atoms with Crippen LogP contribution >= 0.6 is 0 Å². The minimum absolute atomic E-state index is 0.381. The van der Waals surface area contributed by atoms with Crippen LogP contribution in [0.3, 0.4) is 0 Å². The molecule has 0 saturated heterocycles. The fraction of sp³-hybridized carbons (Fsp3) is 0.280. The number of carbonyl (C=O) groups is 3. The van der Waals surface area contributed by atoms with Crippen molar-refractivity contribution in [3.63, 3.8) is 0 Å². The first-order chi connectivity index (χ1) is 16.1. The molecule has 9 heteroatoms. The molecule has 34 heavy (non-hydrogen) atoms. The maximum absolute atomic E-state index is 12.2. The predicted octanol–water partition coefficient (Wildman–Crippen LogP) is 4.70. The van der Waals surface area contributed by atoms with Gasteiger partial charge >= 0.3 is 12.1 Å². The first kappa shape index (κ1) is 24.5. The molecule has 0 spiro atoms. The van der Waals surface area contributed by atoms with Crippen LogP contribution in [0.25, 0.3) is 10.9 Å². The summed E-state index contributed by atoms with van der Waals surface area (Å²) in [6.45, 7) is 6.72. The molecule has 3 rings (SSSR count). The number of ether oxygens (including phenoxy) is 2. The lowest BCUT2D eigenvalue weighted by molar-refractivity contribution is -0.144. The topological polar surface area (TPSA) is 119 Å². The second kappa shape index (κ2) is 10.7. The average molecular weight is 465 g/mol. The fourth-order valence-electron chi connectivity index (χ4n) is 3.10. The van der Waals surface area contributed by atoms with E-state index >= 15 is 0 Å². The smallest absolute Gasteiger partial charge is 0.412 e. The monoisotopic (exact) mass is 464 g/mol. The zero-order valence-electron chi connectivity index (χ0n) is 19.6. The highest BCUT2D eigenvalue weighted by molar-refractivity contribution is 6.03. The van der Waals surface area contributed by atoms with Crippen molar-refractivity contribution < 1.29 is 23.9 Å². The van der Waals surface area contributed by atoms with Crippen LogP contribution in [-0.4, -0.2) is 35.2 Å². The lowest BCUT2D eigenvalue weighted by atomic mass is 10.1. The molecule has 0 aliphatic carbocycles. The van der Waals surface area contributed by atoms with Gasteiger partial charge in [0, 0.05) is 24.5 Å². The van der Waals surface area contributed by atoms with Crippen LogP contribution < -0.4 is 16.0 Å². The Labute approximate surface area is 197 Å². The number of rotatable bonds is 7. The number of para-hydroxylation sites is 1. The third-order valence-electron chi connectivity index (χ3n) is 4.52. The van der Waals surface area contributed by atoms with Crippen LogP contribution in [-0.2, 0) is 25.6 Å². The molecule has 2 aromatic carbocycles. The minimum Gasteiger partial charge on any atom is -0.456 e. The summed E-state index contributed by atoms with van der Waals surface area (Å²) in [5, 5.41) is 9.63. The first-order valence-corrected chi connectivity index (χ1v) is 10.7. The highest BCUT2D eigenvalue weighted by atomic mass is 16.6. The zero-order valence-corrected chi connectivity index (χ0v) is 19.6. The predicted molar refractivity (Wildman–Crippen MR) is 131 cm³/mol. The molecule has 0 aliphatic rings. The third-order valence-corrected chi connectivity index (χ3v) is 4.52. The van der Waals surface area contributed by atoms with E-state index in [9.17, 15) is 14.4 Å². The SMILES string of the molecule is CC(=O)OCC(=O)Nc1cnc2ccccc2c1NCc1ccc(NC(=O)OC(C)(C)C)cc1. The Morgan fingerprint density at radius 3 is 2.35 bits per heavy atom. The Balaban J connectivity index is 1.73. The Morgan fingerprint density at radius 2 is 1.68 bits per heavy atom. The van der Waals surface area contributed by atoms with Gasteiger partial charge in [-0.15, -0.1) is 0 Å². The van der Waals surface area contributed by atoms with Gasteiger partial charge in [-0.05, 0) is 44.5 Å². The van der Waals surface area contributed by atoms with Crippen molar-refractivity contribution in [2.75, 3.05) is 22.6 Å². The number of aromatic nitrogens is 1. The van der Waals surface area contributed by atoms with Crippen LogP contribution in [0.1, 0.15) is 33.3 Å². The molecule has 1 heterocycles. The van der Waals surface area contributed by atoms with E-state index in [0.29, 0.717) is 23.6 Å². The maximum Gasteiger partial charge on any atom is 0.412 e. The standard InChI is InChI=1S/C25H28N4O5/c1-16(30)33-15-22(31)29-21-14-26-20-8-6-5-7-19(20)23(21)27-13-17-9-11-18(12-10-17)28-24(32)34-25(2,3)4/h5-12,14H,13,15H2,1-4H3,(H,26,27)(H,28,32)(H,29,31). The normalized spacial score (nSPS) is 10.9. The Morgan fingerprint density at radius 1 is 0.971 bits per heavy atom. The highest BCUT2D eigenvalue weighted by Crippen LogP contribution is 2.30. The summed E-state index contributed by atoms with van der Waals surface area (Å²) in [5.41, 5.74) is 2.92. The lowest BCUT2D eigenvalue weighted by Gasteiger charge is -2.19. The number of hydrogen-bond acceptors (Lipinski definition) is 7. The molecule has 0 fully saturated rings. The van der Waals surface area contributed by atoms with Gasteiger partial charge in [0.25, 0.3) is 5.91 Å². The quantitative estimate of drug-likeness (QED) is 0.434. The minimum atomic E-state index is -0.577. The molecule has 0 saturated carbocycles. The molecule has 0 bridgehead atoms. The molecule has 0 aliphatic heterocycles. The Bertz CT molecular complexity index is 1190. The molecular weight excluding hydrogens is 436 g/mol. The van der Waals surface area contributed by atoms with E-state index in [0.717, 1.165) is 16.5 Å². The highest BCUT2D eigenvalue weighted by Gasteiger charge is 2.16. The second-order valence-electron chi connectivity index (χ2n) is 8.57. The van der Waals surface area contributed by atoms with Crippen molar-refractivity contribution in [2.24, 2.45) is 0 Å². The number of anilines is 3. The summed E-state index contributed by atoms with van der Waals surface area (Å²) in [4.78, 5) is 39.5. The van der Waals surface area contributed by atoms with Gasteiger partial charge in [-0.3, -0.25) is 19.9 Å². The van der Waals surface area contributed by atoms with Crippen LogP contribution in [0.5, 0.6) is 0 Å².